The van der Waals surface area contributed by atoms with Crippen LogP contribution in [0.2, 0.25) is 5.02 Å². The second-order valence-electron chi connectivity index (χ2n) is 6.85. The Kier molecular flexibility index (Phi) is 7.20. The van der Waals surface area contributed by atoms with E-state index in [-0.39, 0.29) is 5.56 Å². The van der Waals surface area contributed by atoms with E-state index < -0.39 is 5.97 Å². The summed E-state index contributed by atoms with van der Waals surface area (Å²) in [6, 6.07) is 18.5. The normalized spacial score (nSPS) is 10.5. The van der Waals surface area contributed by atoms with Crippen LogP contribution in [0.5, 0.6) is 11.5 Å². The molecule has 0 saturated carbocycles. The van der Waals surface area contributed by atoms with E-state index in [1.54, 1.807) is 6.07 Å². The second kappa shape index (κ2) is 10.0. The lowest BCUT2D eigenvalue weighted by Crippen LogP contribution is -2.04. The molecule has 3 aromatic carbocycles. The van der Waals surface area contributed by atoms with Crippen LogP contribution in [0.15, 0.2) is 60.7 Å². The minimum absolute atomic E-state index is 0.178. The van der Waals surface area contributed by atoms with Gasteiger partial charge in [0.2, 0.25) is 0 Å². The van der Waals surface area contributed by atoms with E-state index in [4.69, 9.17) is 26.2 Å². The summed E-state index contributed by atoms with van der Waals surface area (Å²) < 4.78 is 11.7. The van der Waals surface area contributed by atoms with Crippen LogP contribution >= 0.6 is 11.6 Å². The smallest absolute Gasteiger partial charge is 0.335 e. The van der Waals surface area contributed by atoms with Crippen LogP contribution < -0.4 is 14.8 Å². The molecule has 6 heteroatoms. The number of ether oxygens (including phenoxy) is 2. The van der Waals surface area contributed by atoms with Gasteiger partial charge in [-0.3, -0.25) is 0 Å². The van der Waals surface area contributed by atoms with Crippen LogP contribution in [0.4, 0.5) is 5.69 Å². The van der Waals surface area contributed by atoms with E-state index in [0.29, 0.717) is 42.0 Å². The number of aromatic carboxylic acids is 1. The van der Waals surface area contributed by atoms with Gasteiger partial charge in [0.15, 0.2) is 11.5 Å². The molecule has 30 heavy (non-hydrogen) atoms. The molecular formula is C24H24ClNO4. The first-order valence-electron chi connectivity index (χ1n) is 9.67. The van der Waals surface area contributed by atoms with Crippen molar-refractivity contribution in [3.8, 4) is 11.5 Å². The topological polar surface area (TPSA) is 67.8 Å². The summed E-state index contributed by atoms with van der Waals surface area (Å²) in [5, 5.41) is 12.8. The van der Waals surface area contributed by atoms with E-state index in [2.05, 4.69) is 24.4 Å². The second-order valence-corrected chi connectivity index (χ2v) is 7.25. The van der Waals surface area contributed by atoms with Crippen molar-refractivity contribution >= 4 is 23.3 Å². The highest BCUT2D eigenvalue weighted by atomic mass is 35.5. The summed E-state index contributed by atoms with van der Waals surface area (Å²) in [6.45, 7) is 5.41. The molecule has 0 saturated heterocycles. The lowest BCUT2D eigenvalue weighted by molar-refractivity contribution is 0.0697. The summed E-state index contributed by atoms with van der Waals surface area (Å²) in [4.78, 5) is 11.2. The maximum absolute atomic E-state index is 11.2. The van der Waals surface area contributed by atoms with Gasteiger partial charge < -0.3 is 19.9 Å². The first kappa shape index (κ1) is 21.5. The number of aryl methyl sites for hydroxylation is 1. The fourth-order valence-corrected chi connectivity index (χ4v) is 3.19. The van der Waals surface area contributed by atoms with Crippen molar-refractivity contribution in [1.82, 2.24) is 0 Å². The van der Waals surface area contributed by atoms with Gasteiger partial charge in [0.1, 0.15) is 6.61 Å². The largest absolute Gasteiger partial charge is 0.490 e. The van der Waals surface area contributed by atoms with Gasteiger partial charge in [-0.2, -0.15) is 0 Å². The third-order valence-corrected chi connectivity index (χ3v) is 4.81. The van der Waals surface area contributed by atoms with Crippen LogP contribution in [0.1, 0.15) is 34.0 Å². The van der Waals surface area contributed by atoms with Crippen molar-refractivity contribution in [2.24, 2.45) is 0 Å². The quantitative estimate of drug-likeness (QED) is 0.444. The number of rotatable bonds is 9. The zero-order valence-corrected chi connectivity index (χ0v) is 17.7. The average molecular weight is 426 g/mol. The van der Waals surface area contributed by atoms with Crippen molar-refractivity contribution < 1.29 is 19.4 Å². The van der Waals surface area contributed by atoms with Crippen LogP contribution in [-0.2, 0) is 13.2 Å². The molecule has 3 aromatic rings. The van der Waals surface area contributed by atoms with Crippen molar-refractivity contribution in [2.75, 3.05) is 11.9 Å². The van der Waals surface area contributed by atoms with Crippen LogP contribution in [0.3, 0.4) is 0 Å². The summed E-state index contributed by atoms with van der Waals surface area (Å²) in [7, 11) is 0. The number of carbonyl (C=O) groups is 1. The molecule has 3 rings (SSSR count). The number of carboxylic acid groups (broad SMARTS) is 1. The first-order chi connectivity index (χ1) is 14.5. The van der Waals surface area contributed by atoms with Gasteiger partial charge in [0.25, 0.3) is 0 Å². The Hall–Kier alpha value is -3.18. The number of anilines is 1. The van der Waals surface area contributed by atoms with Gasteiger partial charge >= 0.3 is 5.97 Å². The molecule has 0 aliphatic rings. The van der Waals surface area contributed by atoms with Crippen molar-refractivity contribution in [2.45, 2.75) is 27.0 Å². The predicted octanol–water partition coefficient (Wildman–Crippen LogP) is 5.94. The number of halogens is 1. The molecular weight excluding hydrogens is 402 g/mol. The standard InChI is InChI=1S/C24H24ClNO4/c1-3-29-23-12-17(14-26-21-13-19(24(27)28)8-9-20(21)25)7-10-22(23)30-15-18-6-4-5-16(2)11-18/h4-13,26H,3,14-15H2,1-2H3,(H,27,28). The highest BCUT2D eigenvalue weighted by molar-refractivity contribution is 6.33. The summed E-state index contributed by atoms with van der Waals surface area (Å²) in [6.07, 6.45) is 0. The monoisotopic (exact) mass is 425 g/mol. The Labute approximate surface area is 181 Å². The molecule has 0 heterocycles. The van der Waals surface area contributed by atoms with Gasteiger partial charge in [-0.05, 0) is 55.3 Å². The Morgan fingerprint density at radius 2 is 1.83 bits per heavy atom. The molecule has 156 valence electrons. The maximum atomic E-state index is 11.2. The van der Waals surface area contributed by atoms with Gasteiger partial charge in [0, 0.05) is 6.54 Å². The molecule has 0 radical (unpaired) electrons. The number of nitrogens with one attached hydrogen (secondary N) is 1. The van der Waals surface area contributed by atoms with E-state index in [1.165, 1.54) is 17.7 Å². The number of carboxylic acids is 1. The maximum Gasteiger partial charge on any atom is 0.335 e. The van der Waals surface area contributed by atoms with Gasteiger partial charge in [-0.25, -0.2) is 4.79 Å². The first-order valence-corrected chi connectivity index (χ1v) is 10.0. The molecule has 0 spiro atoms. The molecule has 0 unspecified atom stereocenters. The average Bonchev–Trinajstić information content (AvgIpc) is 2.72. The molecule has 0 fully saturated rings. The molecule has 5 nitrogen and oxygen atoms in total. The van der Waals surface area contributed by atoms with Gasteiger partial charge in [-0.15, -0.1) is 0 Å². The number of benzene rings is 3. The van der Waals surface area contributed by atoms with Crippen LogP contribution in [-0.4, -0.2) is 17.7 Å². The van der Waals surface area contributed by atoms with Gasteiger partial charge in [-0.1, -0.05) is 47.5 Å². The van der Waals surface area contributed by atoms with Gasteiger partial charge in [0.05, 0.1) is 22.9 Å². The van der Waals surface area contributed by atoms with Crippen molar-refractivity contribution in [3.05, 3.63) is 87.9 Å². The Morgan fingerprint density at radius 1 is 1.00 bits per heavy atom. The Morgan fingerprint density at radius 3 is 2.57 bits per heavy atom. The summed E-state index contributed by atoms with van der Waals surface area (Å²) >= 11 is 6.18. The molecule has 2 N–H and O–H groups in total. The molecule has 0 aliphatic heterocycles. The molecule has 0 atom stereocenters. The van der Waals surface area contributed by atoms with E-state index in [9.17, 15) is 4.79 Å². The molecule has 0 amide bonds. The summed E-state index contributed by atoms with van der Waals surface area (Å²) in [5.41, 5.74) is 3.98. The predicted molar refractivity (Wildman–Crippen MR) is 119 cm³/mol. The fourth-order valence-electron chi connectivity index (χ4n) is 3.00. The van der Waals surface area contributed by atoms with E-state index in [1.807, 2.05) is 37.3 Å². The third kappa shape index (κ3) is 5.67. The number of hydrogen-bond donors (Lipinski definition) is 2. The zero-order valence-electron chi connectivity index (χ0n) is 16.9. The summed E-state index contributed by atoms with van der Waals surface area (Å²) in [5.74, 6) is 0.339. The van der Waals surface area contributed by atoms with E-state index >= 15 is 0 Å². The molecule has 0 aliphatic carbocycles. The lowest BCUT2D eigenvalue weighted by Gasteiger charge is -2.15. The third-order valence-electron chi connectivity index (χ3n) is 4.48. The minimum atomic E-state index is -0.997. The van der Waals surface area contributed by atoms with Crippen molar-refractivity contribution in [3.63, 3.8) is 0 Å². The number of hydrogen-bond acceptors (Lipinski definition) is 4. The molecule has 0 bridgehead atoms. The minimum Gasteiger partial charge on any atom is -0.490 e. The van der Waals surface area contributed by atoms with Crippen LogP contribution in [0.25, 0.3) is 0 Å². The SMILES string of the molecule is CCOc1cc(CNc2cc(C(=O)O)ccc2Cl)ccc1OCc1cccc(C)c1. The Balaban J connectivity index is 1.71. The molecule has 0 aromatic heterocycles. The zero-order chi connectivity index (χ0) is 21.5. The fraction of sp³-hybridized carbons (Fsp3) is 0.208. The lowest BCUT2D eigenvalue weighted by atomic mass is 10.1. The highest BCUT2D eigenvalue weighted by Gasteiger charge is 2.10. The van der Waals surface area contributed by atoms with Crippen molar-refractivity contribution in [1.29, 1.82) is 0 Å². The van der Waals surface area contributed by atoms with Crippen LogP contribution in [0, 0.1) is 6.92 Å². The van der Waals surface area contributed by atoms with E-state index in [0.717, 1.165) is 11.1 Å². The highest BCUT2D eigenvalue weighted by Crippen LogP contribution is 2.30. The Bertz CT molecular complexity index is 1040.